The number of ether oxygens (including phenoxy) is 2. The van der Waals surface area contributed by atoms with Crippen LogP contribution in [0.4, 0.5) is 0 Å². The van der Waals surface area contributed by atoms with Gasteiger partial charge in [0.15, 0.2) is 11.2 Å². The van der Waals surface area contributed by atoms with E-state index >= 15 is 0 Å². The Morgan fingerprint density at radius 1 is 0.867 bits per heavy atom. The van der Waals surface area contributed by atoms with Crippen LogP contribution in [0.3, 0.4) is 0 Å². The Hall–Kier alpha value is -1.32. The quantitative estimate of drug-likeness (QED) is 0.559. The molecule has 0 aromatic heterocycles. The first kappa shape index (κ1) is 8.95. The normalized spacial score (nSPS) is 32.3. The van der Waals surface area contributed by atoms with Crippen molar-refractivity contribution in [3.63, 3.8) is 0 Å². The molecule has 2 aliphatic carbocycles. The van der Waals surface area contributed by atoms with Crippen LogP contribution in [-0.2, 0) is 19.1 Å². The minimum atomic E-state index is -0.509. The lowest BCUT2D eigenvalue weighted by Gasteiger charge is -2.46. The van der Waals surface area contributed by atoms with Crippen molar-refractivity contribution >= 4 is 11.9 Å². The molecule has 4 heteroatoms. The Morgan fingerprint density at radius 2 is 1.33 bits per heavy atom. The predicted molar refractivity (Wildman–Crippen MR) is 49.9 cm³/mol. The molecule has 2 fully saturated rings. The van der Waals surface area contributed by atoms with Crippen LogP contribution in [0.15, 0.2) is 12.2 Å². The third kappa shape index (κ3) is 1.14. The molecule has 2 spiro atoms. The molecular weight excluding hydrogens is 196 g/mol. The van der Waals surface area contributed by atoms with Gasteiger partial charge in [0.1, 0.15) is 0 Å². The van der Waals surface area contributed by atoms with Crippen molar-refractivity contribution in [2.75, 3.05) is 0 Å². The fourth-order valence-electron chi connectivity index (χ4n) is 2.50. The van der Waals surface area contributed by atoms with E-state index in [4.69, 9.17) is 9.47 Å². The van der Waals surface area contributed by atoms with E-state index in [-0.39, 0.29) is 0 Å². The smallest absolute Gasteiger partial charge is 0.331 e. The van der Waals surface area contributed by atoms with Gasteiger partial charge in [0, 0.05) is 12.2 Å². The van der Waals surface area contributed by atoms with Gasteiger partial charge in [-0.3, -0.25) is 0 Å². The van der Waals surface area contributed by atoms with Gasteiger partial charge in [-0.2, -0.15) is 0 Å². The Bertz CT molecular complexity index is 361. The molecule has 0 saturated heterocycles. The van der Waals surface area contributed by atoms with Crippen LogP contribution in [-0.4, -0.2) is 23.1 Å². The summed E-state index contributed by atoms with van der Waals surface area (Å²) in [6, 6.07) is 0. The van der Waals surface area contributed by atoms with Gasteiger partial charge in [-0.1, -0.05) is 0 Å². The summed E-state index contributed by atoms with van der Waals surface area (Å²) in [6.45, 7) is 0. The van der Waals surface area contributed by atoms with Crippen LogP contribution in [0.1, 0.15) is 32.1 Å². The van der Waals surface area contributed by atoms with Crippen LogP contribution in [0, 0.1) is 0 Å². The molecular formula is C11H12O4. The standard InChI is InChI=1S/C11H12O4/c12-8-2-3-9(13)15-11(6-7-11)10(14-8)4-1-5-10/h2-3H,1,4-7H2/b3-2-. The molecule has 1 heterocycles. The zero-order valence-electron chi connectivity index (χ0n) is 8.32. The summed E-state index contributed by atoms with van der Waals surface area (Å²) in [5.41, 5.74) is -1.01. The highest BCUT2D eigenvalue weighted by Gasteiger charge is 2.67. The molecule has 0 aromatic carbocycles. The van der Waals surface area contributed by atoms with E-state index in [0.29, 0.717) is 0 Å². The summed E-state index contributed by atoms with van der Waals surface area (Å²) in [4.78, 5) is 22.7. The Morgan fingerprint density at radius 3 is 1.67 bits per heavy atom. The van der Waals surface area contributed by atoms with Crippen LogP contribution in [0.25, 0.3) is 0 Å². The van der Waals surface area contributed by atoms with Crippen molar-refractivity contribution in [2.45, 2.75) is 43.3 Å². The largest absolute Gasteiger partial charge is 0.452 e. The number of rotatable bonds is 0. The highest BCUT2D eigenvalue weighted by Crippen LogP contribution is 2.58. The second kappa shape index (κ2) is 2.62. The minimum absolute atomic E-state index is 0.419. The maximum absolute atomic E-state index is 11.4. The number of hydrogen-bond donors (Lipinski definition) is 0. The first-order chi connectivity index (χ1) is 7.16. The van der Waals surface area contributed by atoms with Crippen LogP contribution in [0.5, 0.6) is 0 Å². The molecule has 0 unspecified atom stereocenters. The van der Waals surface area contributed by atoms with E-state index < -0.39 is 23.1 Å². The molecule has 0 bridgehead atoms. The number of carbonyl (C=O) groups excluding carboxylic acids is 2. The second-order valence-electron chi connectivity index (χ2n) is 4.52. The van der Waals surface area contributed by atoms with E-state index in [0.717, 1.165) is 44.3 Å². The Labute approximate surface area is 87.2 Å². The fourth-order valence-corrected chi connectivity index (χ4v) is 2.50. The van der Waals surface area contributed by atoms with Gasteiger partial charge in [-0.05, 0) is 32.1 Å². The molecule has 15 heavy (non-hydrogen) atoms. The maximum atomic E-state index is 11.4. The van der Waals surface area contributed by atoms with Crippen LogP contribution in [0.2, 0.25) is 0 Å². The number of carbonyl (C=O) groups is 2. The van der Waals surface area contributed by atoms with E-state index in [1.165, 1.54) is 0 Å². The average molecular weight is 208 g/mol. The summed E-state index contributed by atoms with van der Waals surface area (Å²) in [7, 11) is 0. The summed E-state index contributed by atoms with van der Waals surface area (Å²) in [5, 5.41) is 0. The van der Waals surface area contributed by atoms with Crippen LogP contribution >= 0.6 is 0 Å². The maximum Gasteiger partial charge on any atom is 0.331 e. The molecule has 4 nitrogen and oxygen atoms in total. The van der Waals surface area contributed by atoms with Crippen molar-refractivity contribution in [2.24, 2.45) is 0 Å². The SMILES string of the molecule is O=C1/C=C\C(=O)OC2(CC2)C2(CCC2)O1. The third-order valence-corrected chi connectivity index (χ3v) is 3.64. The van der Waals surface area contributed by atoms with Crippen molar-refractivity contribution in [1.82, 2.24) is 0 Å². The fraction of sp³-hybridized carbons (Fsp3) is 0.636. The van der Waals surface area contributed by atoms with Gasteiger partial charge < -0.3 is 9.47 Å². The topological polar surface area (TPSA) is 52.6 Å². The van der Waals surface area contributed by atoms with Gasteiger partial charge in [0.05, 0.1) is 0 Å². The highest BCUT2D eigenvalue weighted by atomic mass is 16.6. The monoisotopic (exact) mass is 208 g/mol. The minimum Gasteiger partial charge on any atom is -0.452 e. The van der Waals surface area contributed by atoms with E-state index in [1.807, 2.05) is 0 Å². The number of fused-ring (bicyclic) bond motifs is 1. The van der Waals surface area contributed by atoms with Crippen molar-refractivity contribution < 1.29 is 19.1 Å². The molecule has 0 aromatic rings. The van der Waals surface area contributed by atoms with Crippen molar-refractivity contribution in [3.8, 4) is 0 Å². The summed E-state index contributed by atoms with van der Waals surface area (Å²) in [6.07, 6.45) is 6.61. The van der Waals surface area contributed by atoms with Gasteiger partial charge >= 0.3 is 11.9 Å². The zero-order valence-corrected chi connectivity index (χ0v) is 8.32. The molecule has 1 aliphatic heterocycles. The van der Waals surface area contributed by atoms with Gasteiger partial charge in [-0.15, -0.1) is 0 Å². The van der Waals surface area contributed by atoms with Gasteiger partial charge in [0.25, 0.3) is 0 Å². The van der Waals surface area contributed by atoms with E-state index in [9.17, 15) is 9.59 Å². The van der Waals surface area contributed by atoms with E-state index in [1.54, 1.807) is 0 Å². The molecule has 0 radical (unpaired) electrons. The lowest BCUT2D eigenvalue weighted by Crippen LogP contribution is -2.55. The van der Waals surface area contributed by atoms with Crippen molar-refractivity contribution in [1.29, 1.82) is 0 Å². The third-order valence-electron chi connectivity index (χ3n) is 3.64. The first-order valence-electron chi connectivity index (χ1n) is 5.30. The van der Waals surface area contributed by atoms with Gasteiger partial charge in [-0.25, -0.2) is 9.59 Å². The molecule has 3 rings (SSSR count). The molecule has 0 amide bonds. The second-order valence-corrected chi connectivity index (χ2v) is 4.52. The Balaban J connectivity index is 1.96. The Kier molecular flexibility index (Phi) is 1.56. The predicted octanol–water partition coefficient (Wildman–Crippen LogP) is 1.10. The van der Waals surface area contributed by atoms with Crippen molar-refractivity contribution in [3.05, 3.63) is 12.2 Å². The molecule has 80 valence electrons. The average Bonchev–Trinajstić information content (AvgIpc) is 2.87. The summed E-state index contributed by atoms with van der Waals surface area (Å²) < 4.78 is 10.8. The molecule has 0 N–H and O–H groups in total. The first-order valence-corrected chi connectivity index (χ1v) is 5.30. The number of hydrogen-bond acceptors (Lipinski definition) is 4. The zero-order chi connectivity index (χ0) is 10.5. The van der Waals surface area contributed by atoms with E-state index in [2.05, 4.69) is 0 Å². The van der Waals surface area contributed by atoms with Gasteiger partial charge in [0.2, 0.25) is 0 Å². The molecule has 3 aliphatic rings. The van der Waals surface area contributed by atoms with Crippen LogP contribution < -0.4 is 0 Å². The molecule has 0 atom stereocenters. The number of esters is 2. The lowest BCUT2D eigenvalue weighted by molar-refractivity contribution is -0.205. The molecule has 2 saturated carbocycles. The summed E-state index contributed by atoms with van der Waals surface area (Å²) >= 11 is 0. The highest BCUT2D eigenvalue weighted by molar-refractivity contribution is 5.93. The lowest BCUT2D eigenvalue weighted by atomic mass is 9.73. The summed E-state index contributed by atoms with van der Waals surface area (Å²) in [5.74, 6) is -0.840.